The highest BCUT2D eigenvalue weighted by atomic mass is 79.9. The van der Waals surface area contributed by atoms with E-state index in [4.69, 9.17) is 0 Å². The predicted octanol–water partition coefficient (Wildman–Crippen LogP) is 3.32. The molecule has 3 nitrogen and oxygen atoms in total. The summed E-state index contributed by atoms with van der Waals surface area (Å²) in [7, 11) is 0. The summed E-state index contributed by atoms with van der Waals surface area (Å²) >= 11 is 3.26. The summed E-state index contributed by atoms with van der Waals surface area (Å²) in [6.07, 6.45) is -5.19. The van der Waals surface area contributed by atoms with E-state index in [1.807, 2.05) is 0 Å². The van der Waals surface area contributed by atoms with E-state index in [0.717, 1.165) is 4.47 Å². The summed E-state index contributed by atoms with van der Waals surface area (Å²) in [4.78, 5) is 11.5. The monoisotopic (exact) mass is 338 g/mol. The van der Waals surface area contributed by atoms with Gasteiger partial charge in [0.05, 0.1) is 13.0 Å². The van der Waals surface area contributed by atoms with Gasteiger partial charge in [-0.15, -0.1) is 0 Å². The van der Waals surface area contributed by atoms with Crippen LogP contribution in [-0.4, -0.2) is 24.7 Å². The molecule has 1 rings (SSSR count). The van der Waals surface area contributed by atoms with Crippen LogP contribution in [0.2, 0.25) is 0 Å². The summed E-state index contributed by atoms with van der Waals surface area (Å²) in [5.41, 5.74) is 0.588. The molecule has 1 aromatic rings. The lowest BCUT2D eigenvalue weighted by molar-refractivity contribution is -0.139. The van der Waals surface area contributed by atoms with Crippen LogP contribution in [0.4, 0.5) is 18.9 Å². The zero-order chi connectivity index (χ0) is 14.5. The normalized spacial score (nSPS) is 13.1. The fourth-order valence-electron chi connectivity index (χ4n) is 1.46. The van der Waals surface area contributed by atoms with Gasteiger partial charge in [0.1, 0.15) is 0 Å². The van der Waals surface area contributed by atoms with Crippen LogP contribution >= 0.6 is 15.9 Å². The van der Waals surface area contributed by atoms with Gasteiger partial charge in [0.2, 0.25) is 5.91 Å². The molecule has 0 aliphatic carbocycles. The largest absolute Gasteiger partial charge is 0.390 e. The Morgan fingerprint density at radius 3 is 2.68 bits per heavy atom. The van der Waals surface area contributed by atoms with Gasteiger partial charge in [0, 0.05) is 16.2 Å². The highest BCUT2D eigenvalue weighted by Gasteiger charge is 2.29. The van der Waals surface area contributed by atoms with E-state index >= 15 is 0 Å². The van der Waals surface area contributed by atoms with Crippen molar-refractivity contribution in [3.05, 3.63) is 28.7 Å². The van der Waals surface area contributed by atoms with E-state index < -0.39 is 18.6 Å². The maximum absolute atomic E-state index is 12.1. The van der Waals surface area contributed by atoms with Crippen molar-refractivity contribution < 1.29 is 18.0 Å². The van der Waals surface area contributed by atoms with Crippen molar-refractivity contribution in [3.63, 3.8) is 0 Å². The lowest BCUT2D eigenvalue weighted by atomic mass is 10.2. The average Bonchev–Trinajstić information content (AvgIpc) is 2.24. The standard InChI is InChI=1S/C12H14BrF3N2O/c1-8(6-12(14,15)16)17-7-11(19)18-10-4-2-3-9(13)5-10/h2-5,8,17H,6-7H2,1H3,(H,18,19). The number of amides is 1. The highest BCUT2D eigenvalue weighted by Crippen LogP contribution is 2.21. The molecule has 0 saturated carbocycles. The van der Waals surface area contributed by atoms with Crippen LogP contribution in [0.3, 0.4) is 0 Å². The number of halogens is 4. The van der Waals surface area contributed by atoms with E-state index in [1.54, 1.807) is 24.3 Å². The van der Waals surface area contributed by atoms with Crippen LogP contribution in [-0.2, 0) is 4.79 Å². The van der Waals surface area contributed by atoms with Gasteiger partial charge in [-0.25, -0.2) is 0 Å². The third-order valence-corrected chi connectivity index (χ3v) is 2.75. The molecule has 0 aliphatic heterocycles. The number of benzene rings is 1. The van der Waals surface area contributed by atoms with Gasteiger partial charge in [0.25, 0.3) is 0 Å². The zero-order valence-corrected chi connectivity index (χ0v) is 11.8. The Kier molecular flexibility index (Phi) is 5.81. The number of rotatable bonds is 5. The molecule has 0 saturated heterocycles. The van der Waals surface area contributed by atoms with Crippen LogP contribution in [0.25, 0.3) is 0 Å². The molecular weight excluding hydrogens is 325 g/mol. The minimum atomic E-state index is -4.23. The number of hydrogen-bond donors (Lipinski definition) is 2. The quantitative estimate of drug-likeness (QED) is 0.864. The molecule has 19 heavy (non-hydrogen) atoms. The summed E-state index contributed by atoms with van der Waals surface area (Å²) in [5, 5.41) is 5.12. The second kappa shape index (κ2) is 6.91. The predicted molar refractivity (Wildman–Crippen MR) is 70.9 cm³/mol. The van der Waals surface area contributed by atoms with Crippen LogP contribution in [0.5, 0.6) is 0 Å². The smallest absolute Gasteiger partial charge is 0.325 e. The third kappa shape index (κ3) is 7.17. The minimum Gasteiger partial charge on any atom is -0.325 e. The molecule has 106 valence electrons. The summed E-state index contributed by atoms with van der Waals surface area (Å²) in [6, 6.07) is 6.16. The van der Waals surface area contributed by atoms with E-state index in [0.29, 0.717) is 5.69 Å². The molecule has 1 amide bonds. The van der Waals surface area contributed by atoms with Crippen molar-refractivity contribution in [2.75, 3.05) is 11.9 Å². The molecule has 0 fully saturated rings. The number of hydrogen-bond acceptors (Lipinski definition) is 2. The zero-order valence-electron chi connectivity index (χ0n) is 10.2. The first kappa shape index (κ1) is 16.0. The Bertz CT molecular complexity index is 437. The molecule has 0 spiro atoms. The SMILES string of the molecule is CC(CC(F)(F)F)NCC(=O)Nc1cccc(Br)c1. The van der Waals surface area contributed by atoms with E-state index in [2.05, 4.69) is 26.6 Å². The molecule has 0 heterocycles. The van der Waals surface area contributed by atoms with Crippen LogP contribution < -0.4 is 10.6 Å². The van der Waals surface area contributed by atoms with Crippen molar-refractivity contribution in [2.45, 2.75) is 25.6 Å². The molecule has 1 unspecified atom stereocenters. The minimum absolute atomic E-state index is 0.163. The number of alkyl halides is 3. The second-order valence-corrected chi connectivity index (χ2v) is 5.08. The number of nitrogens with one attached hydrogen (secondary N) is 2. The molecule has 1 aromatic carbocycles. The summed E-state index contributed by atoms with van der Waals surface area (Å²) in [5.74, 6) is -0.382. The van der Waals surface area contributed by atoms with Gasteiger partial charge in [0.15, 0.2) is 0 Å². The maximum Gasteiger partial charge on any atom is 0.390 e. The maximum atomic E-state index is 12.1. The van der Waals surface area contributed by atoms with Crippen LogP contribution in [0, 0.1) is 0 Å². The molecule has 2 N–H and O–H groups in total. The van der Waals surface area contributed by atoms with Crippen molar-refractivity contribution in [1.29, 1.82) is 0 Å². The Morgan fingerprint density at radius 1 is 1.42 bits per heavy atom. The first-order valence-corrected chi connectivity index (χ1v) is 6.41. The Morgan fingerprint density at radius 2 is 2.11 bits per heavy atom. The van der Waals surface area contributed by atoms with Gasteiger partial charge in [-0.3, -0.25) is 4.79 Å². The van der Waals surface area contributed by atoms with Gasteiger partial charge < -0.3 is 10.6 Å². The summed E-state index contributed by atoms with van der Waals surface area (Å²) < 4.78 is 37.0. The molecule has 0 aromatic heterocycles. The van der Waals surface area contributed by atoms with Crippen molar-refractivity contribution in [2.24, 2.45) is 0 Å². The number of carbonyl (C=O) groups is 1. The first-order chi connectivity index (χ1) is 8.76. The van der Waals surface area contributed by atoms with Crippen molar-refractivity contribution >= 4 is 27.5 Å². The Labute approximate surface area is 117 Å². The molecule has 0 radical (unpaired) electrons. The Balaban J connectivity index is 2.36. The number of carbonyl (C=O) groups excluding carboxylic acids is 1. The average molecular weight is 339 g/mol. The van der Waals surface area contributed by atoms with Gasteiger partial charge in [-0.05, 0) is 25.1 Å². The fourth-order valence-corrected chi connectivity index (χ4v) is 1.86. The van der Waals surface area contributed by atoms with E-state index in [9.17, 15) is 18.0 Å². The molecular formula is C12H14BrF3N2O. The highest BCUT2D eigenvalue weighted by molar-refractivity contribution is 9.10. The van der Waals surface area contributed by atoms with Crippen LogP contribution in [0.15, 0.2) is 28.7 Å². The Hall–Kier alpha value is -1.08. The summed E-state index contributed by atoms with van der Waals surface area (Å²) in [6.45, 7) is 1.23. The number of anilines is 1. The van der Waals surface area contributed by atoms with Crippen molar-refractivity contribution in [1.82, 2.24) is 5.32 Å². The van der Waals surface area contributed by atoms with Gasteiger partial charge in [-0.2, -0.15) is 13.2 Å². The van der Waals surface area contributed by atoms with Gasteiger partial charge >= 0.3 is 6.18 Å². The molecule has 0 bridgehead atoms. The van der Waals surface area contributed by atoms with E-state index in [1.165, 1.54) is 6.92 Å². The van der Waals surface area contributed by atoms with Gasteiger partial charge in [-0.1, -0.05) is 22.0 Å². The first-order valence-electron chi connectivity index (χ1n) is 5.62. The molecule has 0 aliphatic rings. The lowest BCUT2D eigenvalue weighted by Gasteiger charge is -2.15. The van der Waals surface area contributed by atoms with Crippen LogP contribution in [0.1, 0.15) is 13.3 Å². The molecule has 1 atom stereocenters. The van der Waals surface area contributed by atoms with Crippen molar-refractivity contribution in [3.8, 4) is 0 Å². The second-order valence-electron chi connectivity index (χ2n) is 4.16. The third-order valence-electron chi connectivity index (χ3n) is 2.26. The topological polar surface area (TPSA) is 41.1 Å². The molecule has 7 heteroatoms. The van der Waals surface area contributed by atoms with E-state index in [-0.39, 0.29) is 12.5 Å². The fraction of sp³-hybridized carbons (Fsp3) is 0.417. The lowest BCUT2D eigenvalue weighted by Crippen LogP contribution is -2.37.